The molecule has 0 heterocycles. The average Bonchev–Trinajstić information content (AvgIpc) is 3.20. The molecular formula is C30H21Br. The van der Waals surface area contributed by atoms with Gasteiger partial charge in [-0.1, -0.05) is 102 Å². The first-order valence-corrected chi connectivity index (χ1v) is 11.7. The van der Waals surface area contributed by atoms with Crippen molar-refractivity contribution in [3.05, 3.63) is 130 Å². The van der Waals surface area contributed by atoms with E-state index in [0.717, 1.165) is 4.47 Å². The summed E-state index contributed by atoms with van der Waals surface area (Å²) in [7, 11) is 0. The second-order valence-electron chi connectivity index (χ2n) is 9.28. The first kappa shape index (κ1) is 17.7. The van der Waals surface area contributed by atoms with E-state index in [9.17, 15) is 0 Å². The van der Waals surface area contributed by atoms with Gasteiger partial charge >= 0.3 is 0 Å². The topological polar surface area (TPSA) is 0 Å². The van der Waals surface area contributed by atoms with Crippen LogP contribution in [0.5, 0.6) is 0 Å². The van der Waals surface area contributed by atoms with Crippen LogP contribution < -0.4 is 0 Å². The molecule has 3 aliphatic carbocycles. The van der Waals surface area contributed by atoms with E-state index in [1.165, 1.54) is 44.2 Å². The van der Waals surface area contributed by atoms with Crippen molar-refractivity contribution in [1.82, 2.24) is 0 Å². The minimum atomic E-state index is -0.214. The van der Waals surface area contributed by atoms with Crippen LogP contribution in [-0.4, -0.2) is 0 Å². The van der Waals surface area contributed by atoms with Gasteiger partial charge in [-0.2, -0.15) is 0 Å². The van der Waals surface area contributed by atoms with Gasteiger partial charge in [0, 0.05) is 15.8 Å². The summed E-state index contributed by atoms with van der Waals surface area (Å²) in [6.07, 6.45) is 9.35. The zero-order valence-corrected chi connectivity index (χ0v) is 18.9. The van der Waals surface area contributed by atoms with Crippen molar-refractivity contribution in [3.63, 3.8) is 0 Å². The number of benzene rings is 4. The zero-order valence-electron chi connectivity index (χ0n) is 17.3. The summed E-state index contributed by atoms with van der Waals surface area (Å²) < 4.78 is 1.14. The first-order chi connectivity index (χ1) is 15.1. The van der Waals surface area contributed by atoms with E-state index in [1.807, 2.05) is 0 Å². The molecule has 3 aliphatic rings. The Kier molecular flexibility index (Phi) is 3.36. The van der Waals surface area contributed by atoms with E-state index in [4.69, 9.17) is 0 Å². The molecule has 1 heteroatoms. The predicted molar refractivity (Wildman–Crippen MR) is 133 cm³/mol. The Bertz CT molecular complexity index is 1470. The number of fused-ring (bicyclic) bond motifs is 11. The molecule has 7 rings (SSSR count). The molecule has 0 bridgehead atoms. The highest BCUT2D eigenvalue weighted by Crippen LogP contribution is 2.71. The molecule has 0 radical (unpaired) electrons. The van der Waals surface area contributed by atoms with E-state index in [2.05, 4.69) is 126 Å². The maximum Gasteiger partial charge on any atom is 0.0563 e. The van der Waals surface area contributed by atoms with Crippen LogP contribution in [-0.2, 0) is 5.41 Å². The zero-order chi connectivity index (χ0) is 20.8. The monoisotopic (exact) mass is 460 g/mol. The lowest BCUT2D eigenvalue weighted by Crippen LogP contribution is -2.42. The van der Waals surface area contributed by atoms with Gasteiger partial charge in [-0.05, 0) is 68.4 Å². The highest BCUT2D eigenvalue weighted by molar-refractivity contribution is 9.10. The molecule has 0 aromatic heterocycles. The Morgan fingerprint density at radius 2 is 1.45 bits per heavy atom. The fourth-order valence-electron chi connectivity index (χ4n) is 6.77. The predicted octanol–water partition coefficient (Wildman–Crippen LogP) is 8.15. The number of rotatable bonds is 0. The van der Waals surface area contributed by atoms with Crippen molar-refractivity contribution in [2.75, 3.05) is 0 Å². The second kappa shape index (κ2) is 5.87. The van der Waals surface area contributed by atoms with Crippen molar-refractivity contribution < 1.29 is 0 Å². The van der Waals surface area contributed by atoms with E-state index in [1.54, 1.807) is 0 Å². The molecule has 0 saturated carbocycles. The highest BCUT2D eigenvalue weighted by atomic mass is 79.9. The Balaban J connectivity index is 1.72. The first-order valence-electron chi connectivity index (χ1n) is 10.9. The number of hydrogen-bond acceptors (Lipinski definition) is 0. The quantitative estimate of drug-likeness (QED) is 0.248. The molecule has 4 aromatic rings. The SMILES string of the molecule is CC12C=CC=CC1c1ccccc1C21c2cc(Br)ccc2-c2cc3ccccc3cc21. The van der Waals surface area contributed by atoms with Crippen molar-refractivity contribution >= 4 is 26.7 Å². The molecule has 0 saturated heterocycles. The van der Waals surface area contributed by atoms with Crippen molar-refractivity contribution in [3.8, 4) is 11.1 Å². The van der Waals surface area contributed by atoms with E-state index < -0.39 is 0 Å². The minimum absolute atomic E-state index is 0.0747. The summed E-state index contributed by atoms with van der Waals surface area (Å²) in [5.74, 6) is 0.359. The maximum atomic E-state index is 3.80. The van der Waals surface area contributed by atoms with E-state index in [0.29, 0.717) is 5.92 Å². The summed E-state index contributed by atoms with van der Waals surface area (Å²) in [5, 5.41) is 2.62. The lowest BCUT2D eigenvalue weighted by atomic mass is 9.56. The van der Waals surface area contributed by atoms with Crippen molar-refractivity contribution in [2.24, 2.45) is 5.41 Å². The molecule has 31 heavy (non-hydrogen) atoms. The van der Waals surface area contributed by atoms with Crippen LogP contribution in [0.2, 0.25) is 0 Å². The smallest absolute Gasteiger partial charge is 0.0563 e. The van der Waals surface area contributed by atoms with Crippen molar-refractivity contribution in [1.29, 1.82) is 0 Å². The molecule has 0 fully saturated rings. The normalized spacial score (nSPS) is 26.7. The molecule has 0 nitrogen and oxygen atoms in total. The van der Waals surface area contributed by atoms with Crippen LogP contribution in [0, 0.1) is 5.41 Å². The van der Waals surface area contributed by atoms with Gasteiger partial charge in [0.05, 0.1) is 5.41 Å². The Morgan fingerprint density at radius 1 is 0.710 bits per heavy atom. The Labute approximate surface area is 191 Å². The molecule has 4 aromatic carbocycles. The van der Waals surface area contributed by atoms with Crippen LogP contribution in [0.15, 0.2) is 108 Å². The van der Waals surface area contributed by atoms with Crippen LogP contribution in [0.4, 0.5) is 0 Å². The number of halogens is 1. The molecule has 0 aliphatic heterocycles. The summed E-state index contributed by atoms with van der Waals surface area (Å²) >= 11 is 3.80. The summed E-state index contributed by atoms with van der Waals surface area (Å²) in [4.78, 5) is 0. The van der Waals surface area contributed by atoms with Gasteiger partial charge < -0.3 is 0 Å². The molecule has 0 amide bonds. The highest BCUT2D eigenvalue weighted by Gasteiger charge is 2.63. The Morgan fingerprint density at radius 3 is 2.32 bits per heavy atom. The summed E-state index contributed by atoms with van der Waals surface area (Å²) in [5.41, 5.74) is 8.22. The lowest BCUT2D eigenvalue weighted by Gasteiger charge is -2.45. The molecule has 1 spiro atoms. The summed E-state index contributed by atoms with van der Waals surface area (Å²) in [6.45, 7) is 2.46. The molecule has 3 atom stereocenters. The standard InChI is InChI=1S/C30H21Br/c1-29-15-7-6-11-25(29)23-10-4-5-12-26(23)30(29)27-17-20-9-3-2-8-19(20)16-24(27)22-14-13-21(31)18-28(22)30/h2-18,25H,1H3. The van der Waals surface area contributed by atoms with Crippen LogP contribution in [0.1, 0.15) is 35.1 Å². The van der Waals surface area contributed by atoms with E-state index in [-0.39, 0.29) is 10.8 Å². The maximum absolute atomic E-state index is 3.80. The van der Waals surface area contributed by atoms with Crippen molar-refractivity contribution in [2.45, 2.75) is 18.3 Å². The minimum Gasteiger partial charge on any atom is -0.0761 e. The third-order valence-corrected chi connectivity index (χ3v) is 8.47. The average molecular weight is 461 g/mol. The fourth-order valence-corrected chi connectivity index (χ4v) is 7.13. The lowest BCUT2D eigenvalue weighted by molar-refractivity contribution is 0.294. The van der Waals surface area contributed by atoms with Crippen LogP contribution in [0.3, 0.4) is 0 Å². The van der Waals surface area contributed by atoms with Gasteiger partial charge in [0.2, 0.25) is 0 Å². The van der Waals surface area contributed by atoms with Crippen LogP contribution >= 0.6 is 15.9 Å². The molecule has 148 valence electrons. The van der Waals surface area contributed by atoms with Gasteiger partial charge in [0.25, 0.3) is 0 Å². The Hall–Kier alpha value is -2.90. The van der Waals surface area contributed by atoms with E-state index >= 15 is 0 Å². The number of allylic oxidation sites excluding steroid dienone is 4. The van der Waals surface area contributed by atoms with Gasteiger partial charge in [0.1, 0.15) is 0 Å². The molecule has 0 N–H and O–H groups in total. The van der Waals surface area contributed by atoms with Gasteiger partial charge in [-0.15, -0.1) is 0 Å². The largest absolute Gasteiger partial charge is 0.0761 e. The van der Waals surface area contributed by atoms with Gasteiger partial charge in [0.15, 0.2) is 0 Å². The summed E-state index contributed by atoms with van der Waals surface area (Å²) in [6, 6.07) is 29.6. The van der Waals surface area contributed by atoms with Gasteiger partial charge in [-0.3, -0.25) is 0 Å². The third kappa shape index (κ3) is 1.97. The number of hydrogen-bond donors (Lipinski definition) is 0. The van der Waals surface area contributed by atoms with Crippen LogP contribution in [0.25, 0.3) is 21.9 Å². The molecule has 3 unspecified atom stereocenters. The third-order valence-electron chi connectivity index (χ3n) is 7.98. The fraction of sp³-hybridized carbons (Fsp3) is 0.133. The molecular weight excluding hydrogens is 440 g/mol. The second-order valence-corrected chi connectivity index (χ2v) is 10.2. The van der Waals surface area contributed by atoms with Gasteiger partial charge in [-0.25, -0.2) is 0 Å².